The Bertz CT molecular complexity index is 221. The van der Waals surface area contributed by atoms with Gasteiger partial charge in [0.05, 0.1) is 6.33 Å². The van der Waals surface area contributed by atoms with E-state index < -0.39 is 0 Å². The molecule has 0 aliphatic heterocycles. The van der Waals surface area contributed by atoms with Gasteiger partial charge in [0.25, 0.3) is 0 Å². The quantitative estimate of drug-likeness (QED) is 0.695. The predicted molar refractivity (Wildman–Crippen MR) is 44.5 cm³/mol. The zero-order chi connectivity index (χ0) is 7.23. The molecule has 4 nitrogen and oxygen atoms in total. The Hall–Kier alpha value is -0.720. The molecule has 1 aromatic rings. The van der Waals surface area contributed by atoms with E-state index in [0.29, 0.717) is 3.83 Å². The van der Waals surface area contributed by atoms with E-state index in [4.69, 9.17) is 0 Å². The number of halogens is 1. The molecule has 0 aliphatic carbocycles. The molecule has 1 N–H and O–H groups in total. The molecule has 5 heteroatoms. The summed E-state index contributed by atoms with van der Waals surface area (Å²) in [4.78, 5) is 14.3. The normalized spacial score (nSPS) is 8.50. The fourth-order valence-corrected chi connectivity index (χ4v) is 0.661. The number of hydrogen-bond donors (Lipinski definition) is 1. The highest BCUT2D eigenvalue weighted by atomic mass is 127. The standard InChI is InChI=1S/C5H5IN4/c6-5-9-2-1-7-3-8-4-10-5/h1-4H,(H,7,8,9,10). The molecule has 52 valence electrons. The maximum absolute atomic E-state index is 3.93. The smallest absolute Gasteiger partial charge is 0.192 e. The van der Waals surface area contributed by atoms with Gasteiger partial charge in [-0.1, -0.05) is 0 Å². The summed E-state index contributed by atoms with van der Waals surface area (Å²) in [6.07, 6.45) is 6.27. The molecule has 0 unspecified atom stereocenters. The van der Waals surface area contributed by atoms with Crippen molar-refractivity contribution in [2.45, 2.75) is 0 Å². The van der Waals surface area contributed by atoms with Crippen LogP contribution in [0.3, 0.4) is 0 Å². The zero-order valence-corrected chi connectivity index (χ0v) is 7.19. The number of aromatic amines is 1. The Kier molecular flexibility index (Phi) is 3.07. The summed E-state index contributed by atoms with van der Waals surface area (Å²) in [6.45, 7) is 0. The molecule has 1 rings (SSSR count). The third kappa shape index (κ3) is 2.72. The van der Waals surface area contributed by atoms with Gasteiger partial charge in [-0.25, -0.2) is 15.0 Å². The summed E-state index contributed by atoms with van der Waals surface area (Å²) < 4.78 is 0.662. The van der Waals surface area contributed by atoms with Crippen LogP contribution in [0.5, 0.6) is 0 Å². The number of H-pyrrole nitrogens is 1. The summed E-state index contributed by atoms with van der Waals surface area (Å²) in [6, 6.07) is 0. The van der Waals surface area contributed by atoms with Crippen molar-refractivity contribution in [3.8, 4) is 0 Å². The maximum atomic E-state index is 3.93. The summed E-state index contributed by atoms with van der Waals surface area (Å²) in [7, 11) is 0. The van der Waals surface area contributed by atoms with Crippen LogP contribution in [0.25, 0.3) is 0 Å². The minimum absolute atomic E-state index is 0.662. The molecule has 1 aromatic heterocycles. The summed E-state index contributed by atoms with van der Waals surface area (Å²) in [5, 5.41) is 0. The van der Waals surface area contributed by atoms with E-state index in [1.54, 1.807) is 12.4 Å². The highest BCUT2D eigenvalue weighted by Gasteiger charge is 1.75. The second-order valence-corrected chi connectivity index (χ2v) is 2.37. The lowest BCUT2D eigenvalue weighted by atomic mass is 10.9. The van der Waals surface area contributed by atoms with Crippen LogP contribution in [0.2, 0.25) is 0 Å². The van der Waals surface area contributed by atoms with Gasteiger partial charge in [0.15, 0.2) is 3.83 Å². The largest absolute Gasteiger partial charge is 0.351 e. The molecule has 0 saturated carbocycles. The molecule has 0 bridgehead atoms. The maximum Gasteiger partial charge on any atom is 0.192 e. The van der Waals surface area contributed by atoms with Crippen LogP contribution in [0.15, 0.2) is 25.0 Å². The van der Waals surface area contributed by atoms with Crippen molar-refractivity contribution >= 4 is 22.6 Å². The van der Waals surface area contributed by atoms with Crippen LogP contribution >= 0.6 is 22.6 Å². The van der Waals surface area contributed by atoms with Crippen molar-refractivity contribution in [2.75, 3.05) is 0 Å². The van der Waals surface area contributed by atoms with E-state index in [1.807, 2.05) is 22.6 Å². The van der Waals surface area contributed by atoms with Gasteiger partial charge >= 0.3 is 0 Å². The molecule has 0 amide bonds. The van der Waals surface area contributed by atoms with Crippen LogP contribution in [0, 0.1) is 3.83 Å². The minimum atomic E-state index is 0.662. The average Bonchev–Trinajstić information content (AvgIpc) is 2.02. The SMILES string of the molecule is Ic1ncc[nH]cncn1. The fraction of sp³-hybridized carbons (Fsp3) is 0. The topological polar surface area (TPSA) is 54.5 Å². The van der Waals surface area contributed by atoms with E-state index in [-0.39, 0.29) is 0 Å². The van der Waals surface area contributed by atoms with Crippen molar-refractivity contribution in [1.82, 2.24) is 19.9 Å². The van der Waals surface area contributed by atoms with Gasteiger partial charge in [-0.2, -0.15) is 0 Å². The van der Waals surface area contributed by atoms with Crippen LogP contribution < -0.4 is 0 Å². The highest BCUT2D eigenvalue weighted by molar-refractivity contribution is 14.1. The Morgan fingerprint density at radius 1 is 1.40 bits per heavy atom. The van der Waals surface area contributed by atoms with Crippen molar-refractivity contribution in [2.24, 2.45) is 0 Å². The minimum Gasteiger partial charge on any atom is -0.351 e. The number of nitrogens with zero attached hydrogens (tertiary/aromatic N) is 3. The van der Waals surface area contributed by atoms with Crippen molar-refractivity contribution in [3.05, 3.63) is 28.9 Å². The molecule has 0 spiro atoms. The summed E-state index contributed by atoms with van der Waals surface area (Å²) in [5.74, 6) is 0. The first kappa shape index (κ1) is 7.39. The average molecular weight is 248 g/mol. The van der Waals surface area contributed by atoms with E-state index in [1.165, 1.54) is 12.7 Å². The Morgan fingerprint density at radius 2 is 2.30 bits per heavy atom. The molecular formula is C5H5IN4. The Labute approximate surface area is 71.6 Å². The molecule has 0 fully saturated rings. The van der Waals surface area contributed by atoms with E-state index >= 15 is 0 Å². The van der Waals surface area contributed by atoms with Crippen LogP contribution in [0.1, 0.15) is 0 Å². The van der Waals surface area contributed by atoms with Gasteiger partial charge in [-0.3, -0.25) is 0 Å². The lowest BCUT2D eigenvalue weighted by Gasteiger charge is -1.72. The summed E-state index contributed by atoms with van der Waals surface area (Å²) >= 11 is 2.02. The molecule has 0 aromatic carbocycles. The lowest BCUT2D eigenvalue weighted by molar-refractivity contribution is 1.09. The van der Waals surface area contributed by atoms with Gasteiger partial charge in [-0.05, 0) is 0 Å². The molecule has 0 saturated heterocycles. The van der Waals surface area contributed by atoms with Gasteiger partial charge in [0.2, 0.25) is 0 Å². The predicted octanol–water partition coefficient (Wildman–Crippen LogP) is 0.929. The second-order valence-electron chi connectivity index (χ2n) is 1.40. The van der Waals surface area contributed by atoms with Crippen LogP contribution in [-0.2, 0) is 0 Å². The monoisotopic (exact) mass is 248 g/mol. The molecule has 1 heterocycles. The van der Waals surface area contributed by atoms with Gasteiger partial charge in [0.1, 0.15) is 6.33 Å². The number of aromatic nitrogens is 4. The lowest BCUT2D eigenvalue weighted by Crippen LogP contribution is -1.76. The first-order valence-corrected chi connectivity index (χ1v) is 3.66. The molecule has 0 radical (unpaired) electrons. The number of nitrogens with one attached hydrogen (secondary N) is 1. The summed E-state index contributed by atoms with van der Waals surface area (Å²) in [5.41, 5.74) is 0. The third-order valence-corrected chi connectivity index (χ3v) is 1.29. The molecular weight excluding hydrogens is 243 g/mol. The van der Waals surface area contributed by atoms with Gasteiger partial charge < -0.3 is 4.98 Å². The Morgan fingerprint density at radius 3 is 3.20 bits per heavy atom. The van der Waals surface area contributed by atoms with Gasteiger partial charge in [-0.15, -0.1) is 0 Å². The van der Waals surface area contributed by atoms with E-state index in [2.05, 4.69) is 19.9 Å². The van der Waals surface area contributed by atoms with Crippen molar-refractivity contribution in [1.29, 1.82) is 0 Å². The molecule has 10 heavy (non-hydrogen) atoms. The van der Waals surface area contributed by atoms with Crippen LogP contribution in [0.4, 0.5) is 0 Å². The van der Waals surface area contributed by atoms with Crippen molar-refractivity contribution in [3.63, 3.8) is 0 Å². The first-order valence-electron chi connectivity index (χ1n) is 2.58. The fourth-order valence-electron chi connectivity index (χ4n) is 0.376. The number of hydrogen-bond acceptors (Lipinski definition) is 3. The molecule has 0 aliphatic rings. The third-order valence-electron chi connectivity index (χ3n) is 0.732. The highest BCUT2D eigenvalue weighted by Crippen LogP contribution is 1.86. The first-order chi connectivity index (χ1) is 4.89. The second kappa shape index (κ2) is 4.15. The molecule has 0 atom stereocenters. The van der Waals surface area contributed by atoms with E-state index in [0.717, 1.165) is 0 Å². The zero-order valence-electron chi connectivity index (χ0n) is 5.03. The number of rotatable bonds is 0. The van der Waals surface area contributed by atoms with Gasteiger partial charge in [0, 0.05) is 35.0 Å². The van der Waals surface area contributed by atoms with E-state index in [9.17, 15) is 0 Å². The Balaban J connectivity index is 3.13. The van der Waals surface area contributed by atoms with Crippen molar-refractivity contribution < 1.29 is 0 Å². The van der Waals surface area contributed by atoms with Crippen LogP contribution in [-0.4, -0.2) is 19.9 Å².